The van der Waals surface area contributed by atoms with Crippen molar-refractivity contribution < 1.29 is 24.3 Å². The van der Waals surface area contributed by atoms with E-state index in [4.69, 9.17) is 11.5 Å². The highest BCUT2D eigenvalue weighted by Crippen LogP contribution is 2.42. The van der Waals surface area contributed by atoms with Gasteiger partial charge >= 0.3 is 12.0 Å². The molecule has 3 aromatic rings. The molecular weight excluding hydrogens is 675 g/mol. The number of tetrazole rings is 1. The van der Waals surface area contributed by atoms with Gasteiger partial charge < -0.3 is 27.2 Å². The number of hydrogen-bond acceptors (Lipinski definition) is 15. The van der Waals surface area contributed by atoms with Gasteiger partial charge in [0.2, 0.25) is 17.0 Å². The van der Waals surface area contributed by atoms with Gasteiger partial charge in [0.1, 0.15) is 22.8 Å². The van der Waals surface area contributed by atoms with E-state index in [1.54, 1.807) is 7.05 Å². The second-order valence-electron chi connectivity index (χ2n) is 10.8. The molecule has 0 bridgehead atoms. The minimum absolute atomic E-state index is 0.0000193. The molecule has 6 rings (SSSR count). The predicted molar refractivity (Wildman–Crippen MR) is 171 cm³/mol. The van der Waals surface area contributed by atoms with Gasteiger partial charge in [0, 0.05) is 30.0 Å². The highest BCUT2D eigenvalue weighted by Gasteiger charge is 2.55. The standard InChI is InChI=1S/C25H29N13O6S3/c1-36-25(33-34-35-36)47-8-10-7-45-20-14(19(41)38(20)15(10)21(42)43)31-18(40)16(12-9-46-22(26)30-12)37(23(27)44)13-6-28-24(32-17(13)39)29-11-4-2-3-5-11/h6,9,11,14,16,20H,2-5,7-8H2,1H3,(H2,26,30)(H2,27,44)(H,31,40)(H,42,43)(H2,28,29,32,39)/t14-,16?,20-/m1/s1. The number of nitrogens with zero attached hydrogens (tertiary/aromatic N) is 8. The number of carbonyl (C=O) groups excluding carboxylic acids is 3. The van der Waals surface area contributed by atoms with Crippen molar-refractivity contribution in [1.82, 2.24) is 45.4 Å². The minimum Gasteiger partial charge on any atom is -0.477 e. The largest absolute Gasteiger partial charge is 0.477 e. The number of aliphatic carboxylic acids is 1. The topological polar surface area (TPSA) is 273 Å². The number of hydrogen-bond donors (Lipinski definition) is 6. The number of nitrogens with one attached hydrogen (secondary N) is 3. The zero-order valence-corrected chi connectivity index (χ0v) is 27.1. The smallest absolute Gasteiger partial charge is 0.352 e. The Bertz CT molecular complexity index is 1820. The van der Waals surface area contributed by atoms with Crippen molar-refractivity contribution in [3.8, 4) is 0 Å². The molecule has 3 atom stereocenters. The zero-order chi connectivity index (χ0) is 33.4. The number of anilines is 3. The third-order valence-corrected chi connectivity index (χ3v) is 10.9. The van der Waals surface area contributed by atoms with Crippen LogP contribution in [0.15, 0.2) is 32.8 Å². The number of carboxylic acid groups (broad SMARTS) is 1. The Morgan fingerprint density at radius 2 is 2.04 bits per heavy atom. The molecule has 248 valence electrons. The summed E-state index contributed by atoms with van der Waals surface area (Å²) >= 11 is 3.48. The van der Waals surface area contributed by atoms with E-state index in [1.807, 2.05) is 0 Å². The van der Waals surface area contributed by atoms with Crippen LogP contribution in [0.3, 0.4) is 0 Å². The maximum absolute atomic E-state index is 13.9. The van der Waals surface area contributed by atoms with Gasteiger partial charge in [0.05, 0.1) is 11.9 Å². The van der Waals surface area contributed by atoms with E-state index >= 15 is 0 Å². The summed E-state index contributed by atoms with van der Waals surface area (Å²) in [7, 11) is 1.65. The summed E-state index contributed by atoms with van der Waals surface area (Å²) < 4.78 is 1.44. The SMILES string of the molecule is Cn1nnnc1SCC1=C(C(=O)O)N2C(=O)[C@@H](NC(=O)C(c3csc(N)n3)N(C(N)=O)c3cnc(NC4CCCC4)[nH]c3=O)[C@H]2SC1. The van der Waals surface area contributed by atoms with Crippen molar-refractivity contribution in [3.63, 3.8) is 0 Å². The van der Waals surface area contributed by atoms with Crippen LogP contribution in [0.1, 0.15) is 37.4 Å². The lowest BCUT2D eigenvalue weighted by atomic mass is 10.0. The molecule has 47 heavy (non-hydrogen) atoms. The first kappa shape index (κ1) is 32.2. The van der Waals surface area contributed by atoms with Gasteiger partial charge in [-0.05, 0) is 28.8 Å². The van der Waals surface area contributed by atoms with Crippen LogP contribution in [0.5, 0.6) is 0 Å². The number of carbonyl (C=O) groups is 4. The van der Waals surface area contributed by atoms with Gasteiger partial charge in [-0.15, -0.1) is 28.2 Å². The maximum Gasteiger partial charge on any atom is 0.352 e. The molecule has 3 aromatic heterocycles. The number of thioether (sulfide) groups is 2. The fraction of sp³-hybridized carbons (Fsp3) is 0.440. The van der Waals surface area contributed by atoms with Crippen molar-refractivity contribution in [3.05, 3.63) is 38.9 Å². The van der Waals surface area contributed by atoms with E-state index < -0.39 is 46.8 Å². The van der Waals surface area contributed by atoms with E-state index in [-0.39, 0.29) is 45.7 Å². The summed E-state index contributed by atoms with van der Waals surface area (Å²) in [4.78, 5) is 78.6. The van der Waals surface area contributed by atoms with E-state index in [0.717, 1.165) is 53.0 Å². The van der Waals surface area contributed by atoms with Gasteiger partial charge in [-0.25, -0.2) is 24.2 Å². The minimum atomic E-state index is -1.62. The molecule has 3 aliphatic rings. The molecule has 1 saturated carbocycles. The number of urea groups is 1. The molecule has 5 heterocycles. The number of thiazole rings is 1. The molecule has 0 aromatic carbocycles. The Kier molecular flexibility index (Phi) is 9.05. The quantitative estimate of drug-likeness (QED) is 0.112. The predicted octanol–water partition coefficient (Wildman–Crippen LogP) is -0.156. The maximum atomic E-state index is 13.9. The fourth-order valence-corrected chi connectivity index (χ4v) is 8.53. The summed E-state index contributed by atoms with van der Waals surface area (Å²) in [5.74, 6) is -2.18. The number of carboxylic acids is 1. The van der Waals surface area contributed by atoms with Crippen LogP contribution < -0.4 is 32.6 Å². The first-order valence-electron chi connectivity index (χ1n) is 14.2. The van der Waals surface area contributed by atoms with E-state index in [1.165, 1.54) is 33.6 Å². The fourth-order valence-electron chi connectivity index (χ4n) is 5.61. The molecule has 1 saturated heterocycles. The number of primary amides is 1. The summed E-state index contributed by atoms with van der Waals surface area (Å²) in [5, 5.41) is 28.2. The second kappa shape index (κ2) is 13.2. The molecule has 19 nitrogen and oxygen atoms in total. The number of fused-ring (bicyclic) bond motifs is 1. The van der Waals surface area contributed by atoms with Crippen molar-refractivity contribution in [1.29, 1.82) is 0 Å². The lowest BCUT2D eigenvalue weighted by molar-refractivity contribution is -0.150. The number of rotatable bonds is 11. The van der Waals surface area contributed by atoms with Crippen LogP contribution in [0.4, 0.5) is 21.6 Å². The van der Waals surface area contributed by atoms with Gasteiger partial charge in [0.15, 0.2) is 11.2 Å². The normalized spacial score (nSPS) is 20.0. The lowest BCUT2D eigenvalue weighted by Crippen LogP contribution is -2.71. The number of nitrogens with two attached hydrogens (primary N) is 2. The Balaban J connectivity index is 1.24. The lowest BCUT2D eigenvalue weighted by Gasteiger charge is -2.49. The van der Waals surface area contributed by atoms with Crippen LogP contribution in [-0.4, -0.2) is 97.9 Å². The molecule has 4 amide bonds. The van der Waals surface area contributed by atoms with Crippen LogP contribution in [-0.2, 0) is 21.4 Å². The number of nitrogen functional groups attached to an aromatic ring is 1. The Hall–Kier alpha value is -4.70. The molecular formula is C25H29N13O6S3. The molecule has 2 aliphatic heterocycles. The van der Waals surface area contributed by atoms with Crippen LogP contribution in [0, 0.1) is 0 Å². The van der Waals surface area contributed by atoms with E-state index in [2.05, 4.69) is 41.1 Å². The molecule has 0 radical (unpaired) electrons. The number of aromatic amines is 1. The molecule has 8 N–H and O–H groups in total. The first-order valence-corrected chi connectivity index (χ1v) is 17.2. The second-order valence-corrected chi connectivity index (χ2v) is 13.8. The Morgan fingerprint density at radius 3 is 2.66 bits per heavy atom. The number of H-pyrrole nitrogens is 1. The summed E-state index contributed by atoms with van der Waals surface area (Å²) in [5.41, 5.74) is 10.8. The third-order valence-electron chi connectivity index (χ3n) is 7.80. The third kappa shape index (κ3) is 6.34. The average molecular weight is 704 g/mol. The molecule has 1 unspecified atom stereocenters. The molecule has 22 heteroatoms. The first-order chi connectivity index (χ1) is 22.5. The zero-order valence-electron chi connectivity index (χ0n) is 24.7. The molecule has 2 fully saturated rings. The number of aromatic nitrogens is 7. The van der Waals surface area contributed by atoms with Gasteiger partial charge in [-0.2, -0.15) is 0 Å². The Morgan fingerprint density at radius 1 is 1.28 bits per heavy atom. The van der Waals surface area contributed by atoms with Crippen molar-refractivity contribution in [2.75, 3.05) is 27.5 Å². The van der Waals surface area contributed by atoms with E-state index in [9.17, 15) is 29.1 Å². The summed E-state index contributed by atoms with van der Waals surface area (Å²) in [6, 6.07) is -3.78. The highest BCUT2D eigenvalue weighted by atomic mass is 32.2. The van der Waals surface area contributed by atoms with E-state index in [0.29, 0.717) is 10.7 Å². The van der Waals surface area contributed by atoms with Crippen LogP contribution in [0.25, 0.3) is 0 Å². The van der Waals surface area contributed by atoms with Crippen molar-refractivity contribution >= 4 is 75.4 Å². The average Bonchev–Trinajstić information content (AvgIpc) is 3.80. The van der Waals surface area contributed by atoms with Gasteiger partial charge in [0.25, 0.3) is 11.5 Å². The van der Waals surface area contributed by atoms with Gasteiger partial charge in [-0.3, -0.25) is 29.2 Å². The molecule has 0 spiro atoms. The van der Waals surface area contributed by atoms with Crippen molar-refractivity contribution in [2.24, 2.45) is 12.8 Å². The van der Waals surface area contributed by atoms with Crippen LogP contribution in [0.2, 0.25) is 0 Å². The monoisotopic (exact) mass is 703 g/mol. The molecule has 1 aliphatic carbocycles. The summed E-state index contributed by atoms with van der Waals surface area (Å²) in [6.45, 7) is 0. The summed E-state index contributed by atoms with van der Waals surface area (Å²) in [6.07, 6.45) is 5.09. The highest BCUT2D eigenvalue weighted by molar-refractivity contribution is 8.01. The number of amides is 4. The Labute approximate surface area is 277 Å². The number of aryl methyl sites for hydroxylation is 1. The number of β-lactam (4-membered cyclic amide) rings is 1. The van der Waals surface area contributed by atoms with Gasteiger partial charge in [-0.1, -0.05) is 24.6 Å². The van der Waals surface area contributed by atoms with Crippen molar-refractivity contribution in [2.45, 2.75) is 54.3 Å². The van der Waals surface area contributed by atoms with Crippen LogP contribution >= 0.6 is 34.9 Å².